The Labute approximate surface area is 150 Å². The maximum absolute atomic E-state index is 11.4. The minimum atomic E-state index is -0.617. The third-order valence-corrected chi connectivity index (χ3v) is 2.71. The van der Waals surface area contributed by atoms with Gasteiger partial charge in [0.05, 0.1) is 0 Å². The van der Waals surface area contributed by atoms with Crippen LogP contribution in [-0.4, -0.2) is 12.1 Å². The van der Waals surface area contributed by atoms with E-state index in [4.69, 9.17) is 9.47 Å². The van der Waals surface area contributed by atoms with E-state index in [1.165, 1.54) is 6.92 Å². The summed E-state index contributed by atoms with van der Waals surface area (Å²) in [6, 6.07) is 5.28. The van der Waals surface area contributed by atoms with Gasteiger partial charge in [-0.25, -0.2) is 10.2 Å². The van der Waals surface area contributed by atoms with Crippen LogP contribution in [-0.2, 0) is 9.53 Å². The van der Waals surface area contributed by atoms with E-state index in [9.17, 15) is 9.59 Å². The zero-order valence-electron chi connectivity index (χ0n) is 15.6. The van der Waals surface area contributed by atoms with Crippen molar-refractivity contribution >= 4 is 24.9 Å². The molecule has 0 aromatic heterocycles. The summed E-state index contributed by atoms with van der Waals surface area (Å²) < 4.78 is 10.3. The van der Waals surface area contributed by atoms with Crippen molar-refractivity contribution in [2.45, 2.75) is 61.0 Å². The van der Waals surface area contributed by atoms with Gasteiger partial charge in [0.15, 0.2) is 0 Å². The highest BCUT2D eigenvalue weighted by atomic mass is 32.1. The Hall–Kier alpha value is -1.73. The Balaban J connectivity index is 0. The van der Waals surface area contributed by atoms with Crippen LogP contribution >= 0.6 is 12.8 Å². The summed E-state index contributed by atoms with van der Waals surface area (Å²) in [6.07, 6.45) is -0.387. The summed E-state index contributed by atoms with van der Waals surface area (Å²) >= 11 is 3.65. The van der Waals surface area contributed by atoms with E-state index in [2.05, 4.69) is 23.1 Å². The molecule has 0 saturated carbocycles. The van der Waals surface area contributed by atoms with Gasteiger partial charge < -0.3 is 9.47 Å². The second-order valence-corrected chi connectivity index (χ2v) is 4.38. The van der Waals surface area contributed by atoms with Crippen molar-refractivity contribution in [1.82, 2.24) is 10.3 Å². The number of esters is 1. The summed E-state index contributed by atoms with van der Waals surface area (Å²) in [5.74, 6) is 0.126. The zero-order chi connectivity index (χ0) is 19.1. The molecule has 0 fully saturated rings. The highest BCUT2D eigenvalue weighted by Gasteiger charge is 2.16. The molecular weight excluding hydrogens is 328 g/mol. The average molecular weight is 359 g/mol. The van der Waals surface area contributed by atoms with Crippen LogP contribution in [0.2, 0.25) is 0 Å². The van der Waals surface area contributed by atoms with E-state index in [-0.39, 0.29) is 12.1 Å². The molecule has 0 saturated heterocycles. The highest BCUT2D eigenvalue weighted by molar-refractivity contribution is 7.78. The van der Waals surface area contributed by atoms with E-state index in [1.807, 2.05) is 47.6 Å². The molecule has 7 heteroatoms. The van der Waals surface area contributed by atoms with Gasteiger partial charge >= 0.3 is 12.1 Å². The fourth-order valence-electron chi connectivity index (χ4n) is 1.73. The molecule has 1 atom stereocenters. The van der Waals surface area contributed by atoms with Gasteiger partial charge in [0.2, 0.25) is 0 Å². The van der Waals surface area contributed by atoms with Crippen molar-refractivity contribution in [2.75, 3.05) is 0 Å². The number of hydrazine groups is 1. The van der Waals surface area contributed by atoms with E-state index in [0.717, 1.165) is 11.1 Å². The molecule has 0 heterocycles. The number of hydrogen-bond acceptors (Lipinski definition) is 6. The lowest BCUT2D eigenvalue weighted by Crippen LogP contribution is -2.32. The lowest BCUT2D eigenvalue weighted by Gasteiger charge is -2.18. The van der Waals surface area contributed by atoms with Gasteiger partial charge in [-0.3, -0.25) is 4.79 Å². The lowest BCUT2D eigenvalue weighted by atomic mass is 10.0. The van der Waals surface area contributed by atoms with Crippen molar-refractivity contribution < 1.29 is 19.1 Å². The highest BCUT2D eigenvalue weighted by Crippen LogP contribution is 2.26. The number of aryl methyl sites for hydroxylation is 1. The Bertz CT molecular complexity index is 495. The first kappa shape index (κ1) is 24.5. The summed E-state index contributed by atoms with van der Waals surface area (Å²) in [7, 11) is 0. The van der Waals surface area contributed by atoms with Gasteiger partial charge in [-0.05, 0) is 36.6 Å². The number of carbonyl (C=O) groups is 2. The maximum atomic E-state index is 11.4. The van der Waals surface area contributed by atoms with Crippen molar-refractivity contribution in [3.8, 4) is 5.75 Å². The molecule has 6 nitrogen and oxygen atoms in total. The van der Waals surface area contributed by atoms with E-state index in [1.54, 1.807) is 12.1 Å². The first-order valence-electron chi connectivity index (χ1n) is 8.12. The summed E-state index contributed by atoms with van der Waals surface area (Å²) in [5, 5.41) is 0. The second-order valence-electron chi connectivity index (χ2n) is 4.16. The van der Waals surface area contributed by atoms with Crippen LogP contribution in [0.3, 0.4) is 0 Å². The quantitative estimate of drug-likeness (QED) is 0.313. The minimum absolute atomic E-state index is 0.372. The maximum Gasteiger partial charge on any atom is 0.422 e. The van der Waals surface area contributed by atoms with Crippen molar-refractivity contribution in [3.63, 3.8) is 0 Å². The number of benzene rings is 1. The number of thiol groups is 1. The second kappa shape index (κ2) is 14.8. The molecule has 0 aliphatic heterocycles. The third kappa shape index (κ3) is 9.42. The van der Waals surface area contributed by atoms with Crippen LogP contribution in [0.15, 0.2) is 18.2 Å². The van der Waals surface area contributed by atoms with Crippen LogP contribution in [0.1, 0.15) is 65.2 Å². The predicted molar refractivity (Wildman–Crippen MR) is 100.0 cm³/mol. The molecule has 0 spiro atoms. The molecule has 138 valence electrons. The topological polar surface area (TPSA) is 76.7 Å². The van der Waals surface area contributed by atoms with E-state index >= 15 is 0 Å². The fourth-order valence-corrected chi connectivity index (χ4v) is 1.82. The molecule has 0 bridgehead atoms. The molecular formula is C17H30N2O4S. The van der Waals surface area contributed by atoms with Crippen LogP contribution < -0.4 is 15.0 Å². The lowest BCUT2D eigenvalue weighted by molar-refractivity contribution is -0.131. The number of nitrogens with one attached hydrogen (secondary N) is 2. The molecule has 1 aromatic carbocycles. The van der Waals surface area contributed by atoms with E-state index < -0.39 is 6.09 Å². The van der Waals surface area contributed by atoms with Gasteiger partial charge in [-0.15, -0.1) is 0 Å². The Morgan fingerprint density at radius 1 is 1.21 bits per heavy atom. The SMILES string of the molecule is CC.CC.CCC(OC(=O)NNS)c1ccc(OC(C)=O)c(C)c1. The van der Waals surface area contributed by atoms with Gasteiger partial charge in [0.1, 0.15) is 11.9 Å². The fraction of sp³-hybridized carbons (Fsp3) is 0.529. The standard InChI is InChI=1S/C13H18N2O4S.2C2H6/c1-4-11(19-13(17)14-15-20)10-5-6-12(8(2)7-10)18-9(3)16;2*1-2/h5-7,11,15,20H,4H2,1-3H3,(H,14,17);2*1-2H3. The molecule has 0 aliphatic carbocycles. The average Bonchev–Trinajstić information content (AvgIpc) is 2.58. The number of ether oxygens (including phenoxy) is 2. The summed E-state index contributed by atoms with van der Waals surface area (Å²) in [4.78, 5) is 24.5. The number of amides is 1. The van der Waals surface area contributed by atoms with Crippen molar-refractivity contribution in [3.05, 3.63) is 29.3 Å². The normalized spacial score (nSPS) is 10.2. The van der Waals surface area contributed by atoms with Gasteiger partial charge in [-0.1, -0.05) is 53.5 Å². The van der Waals surface area contributed by atoms with Gasteiger partial charge in [0.25, 0.3) is 0 Å². The molecule has 1 amide bonds. The Morgan fingerprint density at radius 3 is 2.21 bits per heavy atom. The molecule has 2 N–H and O–H groups in total. The largest absolute Gasteiger partial charge is 0.440 e. The van der Waals surface area contributed by atoms with Crippen molar-refractivity contribution in [1.29, 1.82) is 0 Å². The number of carbonyl (C=O) groups excluding carboxylic acids is 2. The molecule has 1 aromatic rings. The van der Waals surface area contributed by atoms with Crippen LogP contribution in [0, 0.1) is 6.92 Å². The van der Waals surface area contributed by atoms with Crippen molar-refractivity contribution in [2.24, 2.45) is 0 Å². The predicted octanol–water partition coefficient (Wildman–Crippen LogP) is 4.50. The Kier molecular flexibility index (Phi) is 15.2. The Morgan fingerprint density at radius 2 is 1.79 bits per heavy atom. The van der Waals surface area contributed by atoms with Gasteiger partial charge in [0, 0.05) is 6.92 Å². The molecule has 1 unspecified atom stereocenters. The summed E-state index contributed by atoms with van der Waals surface area (Å²) in [6.45, 7) is 13.1. The number of hydrogen-bond donors (Lipinski definition) is 3. The minimum Gasteiger partial charge on any atom is -0.440 e. The van der Waals surface area contributed by atoms with E-state index in [0.29, 0.717) is 12.2 Å². The zero-order valence-corrected chi connectivity index (χ0v) is 16.5. The smallest absolute Gasteiger partial charge is 0.422 e. The molecule has 24 heavy (non-hydrogen) atoms. The van der Waals surface area contributed by atoms with Crippen LogP contribution in [0.4, 0.5) is 4.79 Å². The first-order chi connectivity index (χ1) is 11.5. The molecule has 0 aliphatic rings. The third-order valence-electron chi connectivity index (χ3n) is 2.60. The first-order valence-corrected chi connectivity index (χ1v) is 8.57. The molecule has 1 rings (SSSR count). The molecule has 0 radical (unpaired) electrons. The van der Waals surface area contributed by atoms with Crippen LogP contribution in [0.25, 0.3) is 0 Å². The number of rotatable bonds is 5. The monoisotopic (exact) mass is 358 g/mol. The van der Waals surface area contributed by atoms with Crippen LogP contribution in [0.5, 0.6) is 5.75 Å². The summed E-state index contributed by atoms with van der Waals surface area (Å²) in [5.41, 5.74) is 3.84. The van der Waals surface area contributed by atoms with Gasteiger partial charge in [-0.2, -0.15) is 4.83 Å².